The summed E-state index contributed by atoms with van der Waals surface area (Å²) in [6.07, 6.45) is 0. The molecule has 0 aliphatic rings. The van der Waals surface area contributed by atoms with Crippen molar-refractivity contribution >= 4 is 0 Å². The molecule has 16 nitrogen and oxygen atoms in total. The second-order valence-electron chi connectivity index (χ2n) is 0.894. The van der Waals surface area contributed by atoms with E-state index in [1.165, 1.54) is 0 Å². The van der Waals surface area contributed by atoms with Crippen LogP contribution in [0.2, 0.25) is 0 Å². The van der Waals surface area contributed by atoms with Crippen LogP contribution in [0.4, 0.5) is 0 Å². The van der Waals surface area contributed by atoms with Gasteiger partial charge in [0.05, 0.1) is 20.3 Å². The first kappa shape index (κ1) is 36.0. The molecule has 0 heterocycles. The summed E-state index contributed by atoms with van der Waals surface area (Å²) in [5.74, 6) is 0. The molecular weight excluding hydrogens is 553 g/mol. The number of hydrogen-bond donors (Lipinski definition) is 0. The summed E-state index contributed by atoms with van der Waals surface area (Å²) in [4.78, 5) is 33.0. The summed E-state index contributed by atoms with van der Waals surface area (Å²) in [6.45, 7) is 0. The van der Waals surface area contributed by atoms with Crippen molar-refractivity contribution in [2.45, 2.75) is 0 Å². The Morgan fingerprint density at radius 2 is 0.444 bits per heavy atom. The van der Waals surface area contributed by atoms with Crippen molar-refractivity contribution in [2.75, 3.05) is 0 Å². The van der Waals surface area contributed by atoms with E-state index < -0.39 is 20.3 Å². The van der Waals surface area contributed by atoms with Gasteiger partial charge in [-0.25, -0.2) is 0 Å². The Kier molecular flexibility index (Phi) is 58.9. The molecule has 18 heteroatoms. The average molecular weight is 553 g/mol. The predicted octanol–water partition coefficient (Wildman–Crippen LogP) is -0.961. The van der Waals surface area contributed by atoms with E-state index in [1.54, 1.807) is 0 Å². The summed E-state index contributed by atoms with van der Waals surface area (Å²) >= 11 is 0. The van der Waals surface area contributed by atoms with Crippen LogP contribution in [0.1, 0.15) is 0 Å². The van der Waals surface area contributed by atoms with Crippen molar-refractivity contribution in [3.63, 3.8) is 0 Å². The van der Waals surface area contributed by atoms with Gasteiger partial charge < -0.3 is 61.3 Å². The maximum absolute atomic E-state index is 8.25. The molecule has 0 fully saturated rings. The third-order valence-electron chi connectivity index (χ3n) is 0. The standard InChI is InChI=1S/Ag.Au.4NO3/c;;4*2-1(3)4/q+1;+3;4*-1. The molecule has 0 N–H and O–H groups in total. The zero-order chi connectivity index (χ0) is 14.3. The van der Waals surface area contributed by atoms with Crippen molar-refractivity contribution in [3.8, 4) is 0 Å². The normalized spacial score (nSPS) is 5.33. The third kappa shape index (κ3) is 852. The minimum atomic E-state index is -1.75. The number of nitrogens with zero attached hydrogens (tertiary/aromatic N) is 4. The smallest absolute Gasteiger partial charge is 0.356 e. The van der Waals surface area contributed by atoms with Crippen molar-refractivity contribution in [2.24, 2.45) is 0 Å². The van der Waals surface area contributed by atoms with Gasteiger partial charge in [-0.2, -0.15) is 0 Å². The van der Waals surface area contributed by atoms with Crippen LogP contribution in [-0.4, -0.2) is 20.3 Å². The Morgan fingerprint density at radius 1 is 0.444 bits per heavy atom. The van der Waals surface area contributed by atoms with Gasteiger partial charge in [0.2, 0.25) is 0 Å². The minimum Gasteiger partial charge on any atom is -0.356 e. The summed E-state index contributed by atoms with van der Waals surface area (Å²) in [7, 11) is 0. The van der Waals surface area contributed by atoms with Crippen molar-refractivity contribution < 1.29 is 65.1 Å². The molecule has 0 aromatic carbocycles. The summed E-state index contributed by atoms with van der Waals surface area (Å²) in [5.41, 5.74) is 0. The first-order chi connectivity index (χ1) is 6.93. The quantitative estimate of drug-likeness (QED) is 0.199. The van der Waals surface area contributed by atoms with Crippen LogP contribution in [-0.2, 0) is 44.8 Å². The van der Waals surface area contributed by atoms with E-state index in [2.05, 4.69) is 0 Å². The molecular formula is AgAuN4O12. The fourth-order valence-electron chi connectivity index (χ4n) is 0. The van der Waals surface area contributed by atoms with Gasteiger partial charge in [0.15, 0.2) is 0 Å². The van der Waals surface area contributed by atoms with Gasteiger partial charge in [0.25, 0.3) is 0 Å². The van der Waals surface area contributed by atoms with Gasteiger partial charge in [0.1, 0.15) is 0 Å². The molecule has 0 atom stereocenters. The molecule has 114 valence electrons. The SMILES string of the molecule is O=[N+]([O-])[O-].O=[N+]([O-])[O-].O=[N+]([O-])[O-].O=[N+]([O-])[O-].[Ag+].[Au+3]. The summed E-state index contributed by atoms with van der Waals surface area (Å²) < 4.78 is 0. The molecule has 0 aromatic rings. The molecule has 0 aliphatic heterocycles. The average Bonchev–Trinajstić information content (AvgIpc) is 1.76. The predicted molar refractivity (Wildman–Crippen MR) is 41.4 cm³/mol. The fourth-order valence-corrected chi connectivity index (χ4v) is 0. The van der Waals surface area contributed by atoms with E-state index in [1.807, 2.05) is 0 Å². The molecule has 0 unspecified atom stereocenters. The van der Waals surface area contributed by atoms with Gasteiger partial charge in [0, 0.05) is 0 Å². The van der Waals surface area contributed by atoms with E-state index >= 15 is 0 Å². The van der Waals surface area contributed by atoms with Gasteiger partial charge in [-0.15, -0.1) is 0 Å². The largest absolute Gasteiger partial charge is 3.00 e. The van der Waals surface area contributed by atoms with E-state index in [0.29, 0.717) is 0 Å². The molecule has 0 spiro atoms. The first-order valence-electron chi connectivity index (χ1n) is 2.19. The summed E-state index contributed by atoms with van der Waals surface area (Å²) in [6, 6.07) is 0. The zero-order valence-electron chi connectivity index (χ0n) is 7.29. The van der Waals surface area contributed by atoms with Crippen LogP contribution < -0.4 is 0 Å². The third-order valence-corrected chi connectivity index (χ3v) is 0. The van der Waals surface area contributed by atoms with Crippen LogP contribution in [0.3, 0.4) is 0 Å². The van der Waals surface area contributed by atoms with Crippen LogP contribution >= 0.6 is 0 Å². The van der Waals surface area contributed by atoms with Gasteiger partial charge in [-0.1, -0.05) is 0 Å². The molecule has 0 rings (SSSR count). The molecule has 0 saturated carbocycles. The second kappa shape index (κ2) is 29.5. The topological polar surface area (TPSA) is 265 Å². The van der Waals surface area contributed by atoms with Crippen molar-refractivity contribution in [1.82, 2.24) is 0 Å². The number of rotatable bonds is 0. The Hall–Kier alpha value is -1.72. The molecule has 0 amide bonds. The maximum Gasteiger partial charge on any atom is 3.00 e. The Balaban J connectivity index is -0.0000000257. The molecule has 0 saturated heterocycles. The maximum atomic E-state index is 8.25. The van der Waals surface area contributed by atoms with Crippen molar-refractivity contribution in [3.05, 3.63) is 61.3 Å². The summed E-state index contributed by atoms with van der Waals surface area (Å²) in [5, 5.41) is 59.0. The van der Waals surface area contributed by atoms with Crippen LogP contribution in [0, 0.1) is 61.3 Å². The Labute approximate surface area is 126 Å². The van der Waals surface area contributed by atoms with Crippen molar-refractivity contribution in [1.29, 1.82) is 0 Å². The zero-order valence-corrected chi connectivity index (χ0v) is 10.9. The molecule has 0 radical (unpaired) electrons. The second-order valence-corrected chi connectivity index (χ2v) is 0.894. The number of hydrogen-bond acceptors (Lipinski definition) is 12. The van der Waals surface area contributed by atoms with Crippen LogP contribution in [0.15, 0.2) is 0 Å². The Bertz CT molecular complexity index is 164. The van der Waals surface area contributed by atoms with E-state index in [0.717, 1.165) is 0 Å². The fraction of sp³-hybridized carbons (Fsp3) is 0. The minimum absolute atomic E-state index is 0. The molecule has 0 aliphatic carbocycles. The molecule has 18 heavy (non-hydrogen) atoms. The van der Waals surface area contributed by atoms with Crippen LogP contribution in [0.25, 0.3) is 0 Å². The molecule has 0 bridgehead atoms. The van der Waals surface area contributed by atoms with E-state index in [4.69, 9.17) is 61.3 Å². The molecule has 0 aromatic heterocycles. The monoisotopic (exact) mass is 552 g/mol. The van der Waals surface area contributed by atoms with Gasteiger partial charge in [-0.05, 0) is 0 Å². The Morgan fingerprint density at radius 3 is 0.444 bits per heavy atom. The van der Waals surface area contributed by atoms with Gasteiger partial charge >= 0.3 is 44.8 Å². The van der Waals surface area contributed by atoms with E-state index in [-0.39, 0.29) is 44.8 Å². The first-order valence-corrected chi connectivity index (χ1v) is 2.19. The van der Waals surface area contributed by atoms with Gasteiger partial charge in [-0.3, -0.25) is 0 Å². The van der Waals surface area contributed by atoms with E-state index in [9.17, 15) is 0 Å². The van der Waals surface area contributed by atoms with Crippen LogP contribution in [0.5, 0.6) is 0 Å².